The molecule has 0 spiro atoms. The highest BCUT2D eigenvalue weighted by atomic mass is 16.3. The van der Waals surface area contributed by atoms with Gasteiger partial charge in [-0.05, 0) is 0 Å². The van der Waals surface area contributed by atoms with Gasteiger partial charge >= 0.3 is 6.03 Å². The first-order valence-electron chi connectivity index (χ1n) is 3.32. The lowest BCUT2D eigenvalue weighted by Gasteiger charge is -2.17. The zero-order valence-corrected chi connectivity index (χ0v) is 6.23. The van der Waals surface area contributed by atoms with Crippen LogP contribution >= 0.6 is 0 Å². The van der Waals surface area contributed by atoms with Gasteiger partial charge in [0.1, 0.15) is 0 Å². The Balaban J connectivity index is 2.61. The molecular formula is C6H10N2O3. The van der Waals surface area contributed by atoms with Crippen molar-refractivity contribution in [3.8, 4) is 0 Å². The van der Waals surface area contributed by atoms with E-state index in [9.17, 15) is 9.59 Å². The minimum atomic E-state index is -1.28. The molecule has 1 aliphatic heterocycles. The van der Waals surface area contributed by atoms with Crippen LogP contribution < -0.4 is 0 Å². The summed E-state index contributed by atoms with van der Waals surface area (Å²) >= 11 is 0. The Morgan fingerprint density at radius 1 is 1.64 bits per heavy atom. The molecule has 1 atom stereocenters. The standard InChI is InChI=1S/C6H10N2O3/c1-7-2-3-8(6(7)11)5(10)4-9/h4-5,10H,2-3H2,1H3. The van der Waals surface area contributed by atoms with Crippen molar-refractivity contribution in [2.75, 3.05) is 20.1 Å². The van der Waals surface area contributed by atoms with E-state index in [2.05, 4.69) is 0 Å². The fourth-order valence-corrected chi connectivity index (χ4v) is 0.987. The van der Waals surface area contributed by atoms with E-state index in [4.69, 9.17) is 5.11 Å². The molecule has 5 nitrogen and oxygen atoms in total. The van der Waals surface area contributed by atoms with Gasteiger partial charge in [-0.15, -0.1) is 0 Å². The van der Waals surface area contributed by atoms with Gasteiger partial charge in [-0.2, -0.15) is 0 Å². The highest BCUT2D eigenvalue weighted by Gasteiger charge is 2.29. The maximum Gasteiger partial charge on any atom is 0.322 e. The molecule has 1 fully saturated rings. The first-order chi connectivity index (χ1) is 5.16. The van der Waals surface area contributed by atoms with Gasteiger partial charge in [0.15, 0.2) is 12.5 Å². The minimum absolute atomic E-state index is 0.301. The van der Waals surface area contributed by atoms with Gasteiger partial charge in [0.2, 0.25) is 0 Å². The third-order valence-electron chi connectivity index (χ3n) is 1.69. The number of aldehydes is 1. The number of carbonyl (C=O) groups excluding carboxylic acids is 2. The maximum atomic E-state index is 11.0. The normalized spacial score (nSPS) is 20.7. The van der Waals surface area contributed by atoms with Crippen molar-refractivity contribution in [2.45, 2.75) is 6.23 Å². The number of amides is 2. The Morgan fingerprint density at radius 2 is 2.27 bits per heavy atom. The molecule has 1 N–H and O–H groups in total. The average Bonchev–Trinajstić information content (AvgIpc) is 2.32. The van der Waals surface area contributed by atoms with E-state index in [0.29, 0.717) is 19.4 Å². The Bertz CT molecular complexity index is 183. The van der Waals surface area contributed by atoms with Crippen molar-refractivity contribution in [1.29, 1.82) is 0 Å². The van der Waals surface area contributed by atoms with Crippen LogP contribution in [0.25, 0.3) is 0 Å². The molecule has 1 saturated heterocycles. The molecule has 1 rings (SSSR count). The molecule has 0 aliphatic carbocycles. The number of rotatable bonds is 2. The molecule has 2 amide bonds. The molecule has 11 heavy (non-hydrogen) atoms. The van der Waals surface area contributed by atoms with E-state index >= 15 is 0 Å². The number of carbonyl (C=O) groups is 2. The van der Waals surface area contributed by atoms with E-state index in [1.807, 2.05) is 0 Å². The van der Waals surface area contributed by atoms with Crippen molar-refractivity contribution in [3.05, 3.63) is 0 Å². The Morgan fingerprint density at radius 3 is 2.64 bits per heavy atom. The summed E-state index contributed by atoms with van der Waals surface area (Å²) in [6.45, 7) is 0.971. The van der Waals surface area contributed by atoms with Crippen molar-refractivity contribution in [3.63, 3.8) is 0 Å². The summed E-state index contributed by atoms with van der Waals surface area (Å²) in [5.41, 5.74) is 0. The highest BCUT2D eigenvalue weighted by molar-refractivity contribution is 5.79. The topological polar surface area (TPSA) is 60.9 Å². The largest absolute Gasteiger partial charge is 0.367 e. The first-order valence-corrected chi connectivity index (χ1v) is 3.32. The number of urea groups is 1. The zero-order valence-electron chi connectivity index (χ0n) is 6.23. The Labute approximate surface area is 64.2 Å². The van der Waals surface area contributed by atoms with Crippen LogP contribution in [0.4, 0.5) is 4.79 Å². The second-order valence-corrected chi connectivity index (χ2v) is 2.45. The molecule has 1 unspecified atom stereocenters. The van der Waals surface area contributed by atoms with Crippen molar-refractivity contribution in [1.82, 2.24) is 9.80 Å². The van der Waals surface area contributed by atoms with Gasteiger partial charge in [-0.1, -0.05) is 0 Å². The third-order valence-corrected chi connectivity index (χ3v) is 1.69. The van der Waals surface area contributed by atoms with Crippen LogP contribution in [0.15, 0.2) is 0 Å². The van der Waals surface area contributed by atoms with Gasteiger partial charge in [0, 0.05) is 20.1 Å². The van der Waals surface area contributed by atoms with E-state index in [1.165, 1.54) is 4.90 Å². The number of hydrogen-bond acceptors (Lipinski definition) is 3. The summed E-state index contributed by atoms with van der Waals surface area (Å²) < 4.78 is 0. The number of hydrogen-bond donors (Lipinski definition) is 1. The lowest BCUT2D eigenvalue weighted by Crippen LogP contribution is -2.39. The number of nitrogens with zero attached hydrogens (tertiary/aromatic N) is 2. The predicted molar refractivity (Wildman–Crippen MR) is 36.8 cm³/mol. The fourth-order valence-electron chi connectivity index (χ4n) is 0.987. The van der Waals surface area contributed by atoms with E-state index in [-0.39, 0.29) is 6.03 Å². The molecule has 0 aromatic rings. The second kappa shape index (κ2) is 2.87. The molecular weight excluding hydrogens is 148 g/mol. The zero-order chi connectivity index (χ0) is 8.43. The molecule has 0 bridgehead atoms. The molecule has 0 aromatic carbocycles. The molecule has 5 heteroatoms. The summed E-state index contributed by atoms with van der Waals surface area (Å²) in [4.78, 5) is 23.7. The SMILES string of the molecule is CN1CCN(C(O)C=O)C1=O. The summed E-state index contributed by atoms with van der Waals surface area (Å²) in [5, 5.41) is 8.96. The van der Waals surface area contributed by atoms with Gasteiger partial charge in [-0.3, -0.25) is 9.69 Å². The highest BCUT2D eigenvalue weighted by Crippen LogP contribution is 2.07. The van der Waals surface area contributed by atoms with Gasteiger partial charge in [0.25, 0.3) is 0 Å². The van der Waals surface area contributed by atoms with Gasteiger partial charge < -0.3 is 10.0 Å². The monoisotopic (exact) mass is 158 g/mol. The summed E-state index contributed by atoms with van der Waals surface area (Å²) in [6.07, 6.45) is -0.940. The summed E-state index contributed by atoms with van der Waals surface area (Å²) in [5.74, 6) is 0. The van der Waals surface area contributed by atoms with Crippen LogP contribution in [0.3, 0.4) is 0 Å². The predicted octanol–water partition coefficient (Wildman–Crippen LogP) is -1.13. The van der Waals surface area contributed by atoms with E-state index in [0.717, 1.165) is 4.90 Å². The molecule has 1 heterocycles. The number of likely N-dealkylation sites (N-methyl/N-ethyl adjacent to an activating group) is 1. The van der Waals surface area contributed by atoms with Crippen LogP contribution in [0.5, 0.6) is 0 Å². The quantitative estimate of drug-likeness (QED) is 0.517. The average molecular weight is 158 g/mol. The third kappa shape index (κ3) is 1.32. The van der Waals surface area contributed by atoms with Crippen LogP contribution in [0.1, 0.15) is 0 Å². The van der Waals surface area contributed by atoms with Crippen LogP contribution in [0.2, 0.25) is 0 Å². The fraction of sp³-hybridized carbons (Fsp3) is 0.667. The lowest BCUT2D eigenvalue weighted by molar-refractivity contribution is -0.120. The van der Waals surface area contributed by atoms with Crippen molar-refractivity contribution in [2.24, 2.45) is 0 Å². The Hall–Kier alpha value is -1.10. The smallest absolute Gasteiger partial charge is 0.322 e. The van der Waals surface area contributed by atoms with Crippen molar-refractivity contribution >= 4 is 12.3 Å². The number of aliphatic hydroxyl groups is 1. The van der Waals surface area contributed by atoms with Crippen molar-refractivity contribution < 1.29 is 14.7 Å². The van der Waals surface area contributed by atoms with Gasteiger partial charge in [0.05, 0.1) is 0 Å². The Kier molecular flexibility index (Phi) is 2.09. The van der Waals surface area contributed by atoms with Crippen LogP contribution in [-0.2, 0) is 4.79 Å². The lowest BCUT2D eigenvalue weighted by atomic mass is 10.5. The van der Waals surface area contributed by atoms with Crippen LogP contribution in [0, 0.1) is 0 Å². The van der Waals surface area contributed by atoms with Crippen LogP contribution in [-0.4, -0.2) is 53.6 Å². The second-order valence-electron chi connectivity index (χ2n) is 2.45. The van der Waals surface area contributed by atoms with E-state index < -0.39 is 6.23 Å². The van der Waals surface area contributed by atoms with Gasteiger partial charge in [-0.25, -0.2) is 4.79 Å². The first kappa shape index (κ1) is 8.00. The maximum absolute atomic E-state index is 11.0. The molecule has 62 valence electrons. The van der Waals surface area contributed by atoms with E-state index in [1.54, 1.807) is 7.05 Å². The number of aliphatic hydroxyl groups excluding tert-OH is 1. The molecule has 1 aliphatic rings. The summed E-state index contributed by atoms with van der Waals surface area (Å²) in [7, 11) is 1.62. The summed E-state index contributed by atoms with van der Waals surface area (Å²) in [6, 6.07) is -0.301. The molecule has 0 saturated carbocycles. The molecule has 0 aromatic heterocycles. The minimum Gasteiger partial charge on any atom is -0.367 e. The molecule has 0 radical (unpaired) electrons.